The number of rotatable bonds is 1. The van der Waals surface area contributed by atoms with E-state index in [4.69, 9.17) is 0 Å². The van der Waals surface area contributed by atoms with E-state index in [1.54, 1.807) is 4.90 Å². The molecule has 64 valence electrons. The molecule has 0 saturated carbocycles. The molecule has 3 heteroatoms. The zero-order valence-electron chi connectivity index (χ0n) is 7.50. The first-order chi connectivity index (χ1) is 5.16. The maximum Gasteiger partial charge on any atom is 0.319 e. The minimum atomic E-state index is 0.172. The van der Waals surface area contributed by atoms with Crippen molar-refractivity contribution in [3.05, 3.63) is 0 Å². The van der Waals surface area contributed by atoms with Gasteiger partial charge in [-0.25, -0.2) is 4.79 Å². The molecule has 1 saturated heterocycles. The highest BCUT2D eigenvalue weighted by Crippen LogP contribution is 2.13. The van der Waals surface area contributed by atoms with Crippen LogP contribution >= 0.6 is 0 Å². The van der Waals surface area contributed by atoms with E-state index in [0.29, 0.717) is 6.04 Å². The fourth-order valence-electron chi connectivity index (χ4n) is 1.49. The zero-order valence-corrected chi connectivity index (χ0v) is 7.50. The number of hydrogen-bond donors (Lipinski definition) is 0. The summed E-state index contributed by atoms with van der Waals surface area (Å²) in [6.45, 7) is 5.85. The molecular formula is C8H16N2O. The van der Waals surface area contributed by atoms with Gasteiger partial charge in [-0.15, -0.1) is 0 Å². The molecule has 1 unspecified atom stereocenters. The van der Waals surface area contributed by atoms with Crippen molar-refractivity contribution in [2.75, 3.05) is 20.1 Å². The largest absolute Gasteiger partial charge is 0.328 e. The van der Waals surface area contributed by atoms with E-state index in [-0.39, 0.29) is 6.03 Å². The van der Waals surface area contributed by atoms with Crippen LogP contribution in [0, 0.1) is 0 Å². The molecule has 0 spiro atoms. The second kappa shape index (κ2) is 3.11. The van der Waals surface area contributed by atoms with E-state index in [2.05, 4.69) is 6.92 Å². The van der Waals surface area contributed by atoms with Gasteiger partial charge >= 0.3 is 6.03 Å². The van der Waals surface area contributed by atoms with Crippen molar-refractivity contribution in [1.29, 1.82) is 0 Å². The maximum absolute atomic E-state index is 11.4. The Morgan fingerprint density at radius 2 is 2.27 bits per heavy atom. The summed E-state index contributed by atoms with van der Waals surface area (Å²) in [7, 11) is 1.86. The van der Waals surface area contributed by atoms with Gasteiger partial charge in [0.1, 0.15) is 0 Å². The van der Waals surface area contributed by atoms with Gasteiger partial charge in [-0.2, -0.15) is 0 Å². The lowest BCUT2D eigenvalue weighted by Gasteiger charge is -2.37. The standard InChI is InChI=1S/C8H16N2O/c1-4-10-7(2)5-6-9(3)8(10)11/h7H,4-6H2,1-3H3. The van der Waals surface area contributed by atoms with Crippen LogP contribution in [0.25, 0.3) is 0 Å². The Morgan fingerprint density at radius 1 is 1.64 bits per heavy atom. The van der Waals surface area contributed by atoms with Crippen molar-refractivity contribution >= 4 is 6.03 Å². The average molecular weight is 156 g/mol. The summed E-state index contributed by atoms with van der Waals surface area (Å²) in [6, 6.07) is 0.593. The van der Waals surface area contributed by atoms with E-state index in [9.17, 15) is 4.79 Å². The van der Waals surface area contributed by atoms with E-state index >= 15 is 0 Å². The third-order valence-electron chi connectivity index (χ3n) is 2.33. The summed E-state index contributed by atoms with van der Waals surface area (Å²) < 4.78 is 0. The van der Waals surface area contributed by atoms with Gasteiger partial charge in [0, 0.05) is 26.2 Å². The molecule has 0 aromatic carbocycles. The van der Waals surface area contributed by atoms with Crippen molar-refractivity contribution in [2.45, 2.75) is 26.3 Å². The first-order valence-corrected chi connectivity index (χ1v) is 4.18. The Labute approximate surface area is 68.0 Å². The highest BCUT2D eigenvalue weighted by molar-refractivity contribution is 5.75. The Bertz CT molecular complexity index is 158. The van der Waals surface area contributed by atoms with Gasteiger partial charge in [-0.05, 0) is 20.3 Å². The maximum atomic E-state index is 11.4. The first kappa shape index (κ1) is 8.37. The normalized spacial score (nSPS) is 26.1. The molecule has 3 nitrogen and oxygen atoms in total. The summed E-state index contributed by atoms with van der Waals surface area (Å²) in [6.07, 6.45) is 1.09. The van der Waals surface area contributed by atoms with Crippen molar-refractivity contribution in [1.82, 2.24) is 9.80 Å². The van der Waals surface area contributed by atoms with Crippen molar-refractivity contribution < 1.29 is 4.79 Å². The third-order valence-corrected chi connectivity index (χ3v) is 2.33. The first-order valence-electron chi connectivity index (χ1n) is 4.18. The van der Waals surface area contributed by atoms with Crippen molar-refractivity contribution in [3.63, 3.8) is 0 Å². The lowest BCUT2D eigenvalue weighted by Crippen LogP contribution is -2.51. The summed E-state index contributed by atoms with van der Waals surface area (Å²) in [5.41, 5.74) is 0. The summed E-state index contributed by atoms with van der Waals surface area (Å²) in [4.78, 5) is 15.1. The highest BCUT2D eigenvalue weighted by Gasteiger charge is 2.26. The van der Waals surface area contributed by atoms with Gasteiger partial charge in [-0.1, -0.05) is 0 Å². The van der Waals surface area contributed by atoms with Crippen LogP contribution in [0.15, 0.2) is 0 Å². The van der Waals surface area contributed by atoms with Gasteiger partial charge in [-0.3, -0.25) is 0 Å². The number of carbonyl (C=O) groups is 1. The molecule has 0 N–H and O–H groups in total. The number of nitrogens with zero attached hydrogens (tertiary/aromatic N) is 2. The molecule has 0 radical (unpaired) electrons. The van der Waals surface area contributed by atoms with Gasteiger partial charge in [0.05, 0.1) is 0 Å². The number of carbonyl (C=O) groups excluding carboxylic acids is 1. The van der Waals surface area contributed by atoms with Crippen LogP contribution in [-0.2, 0) is 0 Å². The van der Waals surface area contributed by atoms with Gasteiger partial charge in [0.25, 0.3) is 0 Å². The zero-order chi connectivity index (χ0) is 8.43. The van der Waals surface area contributed by atoms with Gasteiger partial charge in [0.15, 0.2) is 0 Å². The Balaban J connectivity index is 2.63. The smallest absolute Gasteiger partial charge is 0.319 e. The Kier molecular flexibility index (Phi) is 2.37. The van der Waals surface area contributed by atoms with E-state index in [1.165, 1.54) is 0 Å². The molecule has 1 aliphatic heterocycles. The summed E-state index contributed by atoms with van der Waals surface area (Å²) in [5, 5.41) is 0. The van der Waals surface area contributed by atoms with Crippen LogP contribution in [0.1, 0.15) is 20.3 Å². The topological polar surface area (TPSA) is 23.6 Å². The molecule has 1 atom stereocenters. The summed E-state index contributed by atoms with van der Waals surface area (Å²) >= 11 is 0. The van der Waals surface area contributed by atoms with E-state index < -0.39 is 0 Å². The molecule has 0 bridgehead atoms. The van der Waals surface area contributed by atoms with Crippen LogP contribution in [-0.4, -0.2) is 42.0 Å². The second-order valence-electron chi connectivity index (χ2n) is 3.13. The molecule has 1 aliphatic rings. The van der Waals surface area contributed by atoms with E-state index in [1.807, 2.05) is 18.9 Å². The lowest BCUT2D eigenvalue weighted by molar-refractivity contribution is 0.118. The van der Waals surface area contributed by atoms with Crippen molar-refractivity contribution in [2.24, 2.45) is 0 Å². The minimum Gasteiger partial charge on any atom is -0.328 e. The Hall–Kier alpha value is -0.730. The molecule has 1 fully saturated rings. The van der Waals surface area contributed by atoms with Crippen LogP contribution in [0.3, 0.4) is 0 Å². The molecule has 1 rings (SSSR count). The highest BCUT2D eigenvalue weighted by atomic mass is 16.2. The van der Waals surface area contributed by atoms with Crippen LogP contribution in [0.5, 0.6) is 0 Å². The molecule has 0 aromatic rings. The monoisotopic (exact) mass is 156 g/mol. The van der Waals surface area contributed by atoms with E-state index in [0.717, 1.165) is 19.5 Å². The number of hydrogen-bond acceptors (Lipinski definition) is 1. The fourth-order valence-corrected chi connectivity index (χ4v) is 1.49. The molecule has 1 heterocycles. The van der Waals surface area contributed by atoms with Crippen LogP contribution in [0.4, 0.5) is 4.79 Å². The predicted molar refractivity (Wildman–Crippen MR) is 44.5 cm³/mol. The van der Waals surface area contributed by atoms with Gasteiger partial charge in [0.2, 0.25) is 0 Å². The SMILES string of the molecule is CCN1C(=O)N(C)CCC1C. The van der Waals surface area contributed by atoms with Crippen molar-refractivity contribution in [3.8, 4) is 0 Å². The third kappa shape index (κ3) is 1.47. The second-order valence-corrected chi connectivity index (χ2v) is 3.13. The number of urea groups is 1. The molecule has 0 aliphatic carbocycles. The minimum absolute atomic E-state index is 0.172. The molecule has 2 amide bonds. The number of amides is 2. The lowest BCUT2D eigenvalue weighted by atomic mass is 10.1. The van der Waals surface area contributed by atoms with Crippen LogP contribution < -0.4 is 0 Å². The molecular weight excluding hydrogens is 140 g/mol. The van der Waals surface area contributed by atoms with Gasteiger partial charge < -0.3 is 9.80 Å². The molecule has 11 heavy (non-hydrogen) atoms. The Morgan fingerprint density at radius 3 is 2.73 bits per heavy atom. The quantitative estimate of drug-likeness (QED) is 0.558. The van der Waals surface area contributed by atoms with Crippen LogP contribution in [0.2, 0.25) is 0 Å². The summed E-state index contributed by atoms with van der Waals surface area (Å²) in [5.74, 6) is 0. The predicted octanol–water partition coefficient (Wildman–Crippen LogP) is 1.15. The molecule has 0 aromatic heterocycles. The average Bonchev–Trinajstić information content (AvgIpc) is 1.99. The fraction of sp³-hybridized carbons (Fsp3) is 0.875.